The van der Waals surface area contributed by atoms with Gasteiger partial charge in [-0.25, -0.2) is 4.98 Å². The Balaban J connectivity index is 2.45. The van der Waals surface area contributed by atoms with Gasteiger partial charge in [0.1, 0.15) is 5.75 Å². The summed E-state index contributed by atoms with van der Waals surface area (Å²) in [4.78, 5) is 4.59. The maximum atomic E-state index is 6.18. The zero-order chi connectivity index (χ0) is 15.6. The maximum absolute atomic E-state index is 6.18. The molecular formula is C19H25NO. The second kappa shape index (κ2) is 6.30. The monoisotopic (exact) mass is 283 g/mol. The third kappa shape index (κ3) is 3.44. The van der Waals surface area contributed by atoms with E-state index in [1.807, 2.05) is 6.92 Å². The van der Waals surface area contributed by atoms with E-state index in [0.717, 1.165) is 46.9 Å². The zero-order valence-corrected chi connectivity index (χ0v) is 14.0. The van der Waals surface area contributed by atoms with Gasteiger partial charge in [0.2, 0.25) is 5.88 Å². The van der Waals surface area contributed by atoms with Crippen molar-refractivity contribution in [2.45, 2.75) is 54.4 Å². The molecule has 0 atom stereocenters. The van der Waals surface area contributed by atoms with Crippen LogP contribution in [-0.2, 0) is 6.42 Å². The molecule has 0 aliphatic rings. The number of pyridine rings is 1. The first-order valence-corrected chi connectivity index (χ1v) is 7.65. The summed E-state index contributed by atoms with van der Waals surface area (Å²) >= 11 is 0. The number of aromatic nitrogens is 1. The molecular weight excluding hydrogens is 258 g/mol. The Kier molecular flexibility index (Phi) is 4.66. The van der Waals surface area contributed by atoms with E-state index in [-0.39, 0.29) is 0 Å². The van der Waals surface area contributed by atoms with Crippen molar-refractivity contribution in [3.8, 4) is 11.6 Å². The highest BCUT2D eigenvalue weighted by Crippen LogP contribution is 2.32. The van der Waals surface area contributed by atoms with Crippen LogP contribution >= 0.6 is 0 Å². The lowest BCUT2D eigenvalue weighted by molar-refractivity contribution is 0.449. The first-order valence-electron chi connectivity index (χ1n) is 7.65. The summed E-state index contributed by atoms with van der Waals surface area (Å²) < 4.78 is 6.18. The van der Waals surface area contributed by atoms with Crippen LogP contribution in [0.3, 0.4) is 0 Å². The van der Waals surface area contributed by atoms with Gasteiger partial charge in [-0.3, -0.25) is 0 Å². The second-order valence-electron chi connectivity index (χ2n) is 5.93. The van der Waals surface area contributed by atoms with Crippen LogP contribution < -0.4 is 4.74 Å². The summed E-state index contributed by atoms with van der Waals surface area (Å²) in [5.41, 5.74) is 7.09. The molecule has 0 amide bonds. The van der Waals surface area contributed by atoms with E-state index in [4.69, 9.17) is 4.74 Å². The SMILES string of the molecule is CCCc1cc(C)nc(Oc2c(C)cc(C)cc2C)c1C. The Morgan fingerprint density at radius 1 is 0.952 bits per heavy atom. The summed E-state index contributed by atoms with van der Waals surface area (Å²) in [6.07, 6.45) is 2.20. The van der Waals surface area contributed by atoms with E-state index < -0.39 is 0 Å². The third-order valence-corrected chi connectivity index (χ3v) is 3.79. The summed E-state index contributed by atoms with van der Waals surface area (Å²) in [5.74, 6) is 1.68. The molecule has 112 valence electrons. The molecule has 0 aliphatic carbocycles. The van der Waals surface area contributed by atoms with Crippen molar-refractivity contribution >= 4 is 0 Å². The summed E-state index contributed by atoms with van der Waals surface area (Å²) in [6.45, 7) is 12.6. The van der Waals surface area contributed by atoms with Gasteiger partial charge in [-0.2, -0.15) is 0 Å². The Labute approximate surface area is 128 Å². The number of rotatable bonds is 4. The summed E-state index contributed by atoms with van der Waals surface area (Å²) in [7, 11) is 0. The molecule has 2 rings (SSSR count). The zero-order valence-electron chi connectivity index (χ0n) is 14.0. The van der Waals surface area contributed by atoms with Crippen LogP contribution in [0.15, 0.2) is 18.2 Å². The highest BCUT2D eigenvalue weighted by Gasteiger charge is 2.12. The van der Waals surface area contributed by atoms with Crippen molar-refractivity contribution in [1.29, 1.82) is 0 Å². The molecule has 2 aromatic rings. The predicted octanol–water partition coefficient (Wildman–Crippen LogP) is 5.37. The van der Waals surface area contributed by atoms with Crippen LogP contribution in [0.2, 0.25) is 0 Å². The quantitative estimate of drug-likeness (QED) is 0.752. The molecule has 1 aromatic heterocycles. The highest BCUT2D eigenvalue weighted by molar-refractivity contribution is 5.46. The van der Waals surface area contributed by atoms with Gasteiger partial charge in [0, 0.05) is 11.3 Å². The van der Waals surface area contributed by atoms with E-state index in [2.05, 4.69) is 57.8 Å². The van der Waals surface area contributed by atoms with Crippen LogP contribution in [0.25, 0.3) is 0 Å². The van der Waals surface area contributed by atoms with E-state index in [9.17, 15) is 0 Å². The molecule has 0 unspecified atom stereocenters. The van der Waals surface area contributed by atoms with E-state index in [1.54, 1.807) is 0 Å². The van der Waals surface area contributed by atoms with Crippen molar-refractivity contribution in [3.63, 3.8) is 0 Å². The lowest BCUT2D eigenvalue weighted by Crippen LogP contribution is -2.01. The van der Waals surface area contributed by atoms with Gasteiger partial charge < -0.3 is 4.74 Å². The van der Waals surface area contributed by atoms with Crippen LogP contribution in [0.4, 0.5) is 0 Å². The van der Waals surface area contributed by atoms with Crippen LogP contribution in [-0.4, -0.2) is 4.98 Å². The lowest BCUT2D eigenvalue weighted by Gasteiger charge is -2.16. The Morgan fingerprint density at radius 2 is 1.57 bits per heavy atom. The van der Waals surface area contributed by atoms with Gasteiger partial charge >= 0.3 is 0 Å². The number of hydrogen-bond donors (Lipinski definition) is 0. The van der Waals surface area contributed by atoms with Crippen molar-refractivity contribution in [2.24, 2.45) is 0 Å². The Morgan fingerprint density at radius 3 is 2.14 bits per heavy atom. The molecule has 2 nitrogen and oxygen atoms in total. The molecule has 21 heavy (non-hydrogen) atoms. The first-order chi connectivity index (χ1) is 9.92. The average Bonchev–Trinajstić information content (AvgIpc) is 2.39. The minimum Gasteiger partial charge on any atom is -0.438 e. The maximum Gasteiger partial charge on any atom is 0.222 e. The second-order valence-corrected chi connectivity index (χ2v) is 5.93. The van der Waals surface area contributed by atoms with Gasteiger partial charge in [-0.15, -0.1) is 0 Å². The number of ether oxygens (including phenoxy) is 1. The average molecular weight is 283 g/mol. The van der Waals surface area contributed by atoms with E-state index in [1.165, 1.54) is 11.1 Å². The van der Waals surface area contributed by atoms with Crippen molar-refractivity contribution in [2.75, 3.05) is 0 Å². The molecule has 0 fully saturated rings. The van der Waals surface area contributed by atoms with Crippen molar-refractivity contribution in [1.82, 2.24) is 4.98 Å². The minimum atomic E-state index is 0.744. The minimum absolute atomic E-state index is 0.744. The third-order valence-electron chi connectivity index (χ3n) is 3.79. The molecule has 0 aliphatic heterocycles. The van der Waals surface area contributed by atoms with Gasteiger partial charge in [-0.1, -0.05) is 31.0 Å². The fourth-order valence-corrected chi connectivity index (χ4v) is 2.83. The number of aryl methyl sites for hydroxylation is 5. The predicted molar refractivity (Wildman–Crippen MR) is 88.4 cm³/mol. The molecule has 0 spiro atoms. The van der Waals surface area contributed by atoms with Gasteiger partial charge in [0.05, 0.1) is 0 Å². The molecule has 0 saturated carbocycles. The van der Waals surface area contributed by atoms with E-state index in [0.29, 0.717) is 0 Å². The van der Waals surface area contributed by atoms with Crippen LogP contribution in [0.1, 0.15) is 46.9 Å². The first kappa shape index (κ1) is 15.6. The van der Waals surface area contributed by atoms with Crippen molar-refractivity contribution < 1.29 is 4.74 Å². The van der Waals surface area contributed by atoms with Crippen LogP contribution in [0.5, 0.6) is 11.6 Å². The van der Waals surface area contributed by atoms with E-state index >= 15 is 0 Å². The topological polar surface area (TPSA) is 22.1 Å². The molecule has 0 saturated heterocycles. The molecule has 0 N–H and O–H groups in total. The summed E-state index contributed by atoms with van der Waals surface area (Å²) in [6, 6.07) is 6.47. The molecule has 1 heterocycles. The molecule has 0 radical (unpaired) electrons. The Hall–Kier alpha value is -1.83. The highest BCUT2D eigenvalue weighted by atomic mass is 16.5. The van der Waals surface area contributed by atoms with Crippen molar-refractivity contribution in [3.05, 3.63) is 51.7 Å². The molecule has 0 bridgehead atoms. The number of hydrogen-bond acceptors (Lipinski definition) is 2. The fourth-order valence-electron chi connectivity index (χ4n) is 2.83. The normalized spacial score (nSPS) is 10.8. The molecule has 1 aromatic carbocycles. The number of nitrogens with zero attached hydrogens (tertiary/aromatic N) is 1. The fraction of sp³-hybridized carbons (Fsp3) is 0.421. The largest absolute Gasteiger partial charge is 0.438 e. The van der Waals surface area contributed by atoms with Gasteiger partial charge in [-0.05, 0) is 63.8 Å². The Bertz CT molecular complexity index is 636. The number of benzene rings is 1. The smallest absolute Gasteiger partial charge is 0.222 e. The molecule has 2 heteroatoms. The van der Waals surface area contributed by atoms with Crippen LogP contribution in [0, 0.1) is 34.6 Å². The lowest BCUT2D eigenvalue weighted by atomic mass is 10.0. The standard InChI is InChI=1S/C19H25NO/c1-7-8-17-11-15(5)20-19(16(17)6)21-18-13(3)9-12(2)10-14(18)4/h9-11H,7-8H2,1-6H3. The summed E-state index contributed by atoms with van der Waals surface area (Å²) in [5, 5.41) is 0. The van der Waals surface area contributed by atoms with Gasteiger partial charge in [0.15, 0.2) is 0 Å². The van der Waals surface area contributed by atoms with Gasteiger partial charge in [0.25, 0.3) is 0 Å².